The van der Waals surface area contributed by atoms with Crippen molar-refractivity contribution in [1.82, 2.24) is 10.2 Å². The van der Waals surface area contributed by atoms with Gasteiger partial charge in [0.25, 0.3) is 0 Å². The highest BCUT2D eigenvalue weighted by atomic mass is 16.6. The number of hydrogen-bond acceptors (Lipinski definition) is 3. The summed E-state index contributed by atoms with van der Waals surface area (Å²) < 4.78 is 5.55. The van der Waals surface area contributed by atoms with Crippen molar-refractivity contribution < 1.29 is 9.53 Å². The molecule has 0 aromatic rings. The van der Waals surface area contributed by atoms with Crippen LogP contribution in [0.3, 0.4) is 0 Å². The van der Waals surface area contributed by atoms with Gasteiger partial charge in [-0.25, -0.2) is 4.79 Å². The van der Waals surface area contributed by atoms with Crippen molar-refractivity contribution >= 4 is 6.09 Å². The molecule has 1 rings (SSSR count). The molecule has 0 aliphatic carbocycles. The van der Waals surface area contributed by atoms with Crippen molar-refractivity contribution in [3.63, 3.8) is 0 Å². The molecule has 1 N–H and O–H groups in total. The molecule has 4 heteroatoms. The predicted octanol–water partition coefficient (Wildman–Crippen LogP) is 4.33. The molecular formula is C18H36N2O2. The van der Waals surface area contributed by atoms with Crippen LogP contribution >= 0.6 is 0 Å². The van der Waals surface area contributed by atoms with E-state index in [2.05, 4.69) is 26.1 Å². The summed E-state index contributed by atoms with van der Waals surface area (Å²) in [5.74, 6) is 0. The van der Waals surface area contributed by atoms with Crippen LogP contribution in [0.1, 0.15) is 80.1 Å². The number of nitrogens with one attached hydrogen (secondary N) is 1. The zero-order valence-electron chi connectivity index (χ0n) is 15.4. The quantitative estimate of drug-likeness (QED) is 0.793. The van der Waals surface area contributed by atoms with Gasteiger partial charge in [0.2, 0.25) is 0 Å². The molecular weight excluding hydrogens is 276 g/mol. The summed E-state index contributed by atoms with van der Waals surface area (Å²) in [5, 5.41) is 3.79. The number of rotatable bonds is 6. The van der Waals surface area contributed by atoms with Crippen LogP contribution < -0.4 is 5.32 Å². The fourth-order valence-corrected chi connectivity index (χ4v) is 3.10. The number of hydrogen-bond donors (Lipinski definition) is 1. The maximum atomic E-state index is 12.4. The lowest BCUT2D eigenvalue weighted by molar-refractivity contribution is 0.00619. The fourth-order valence-electron chi connectivity index (χ4n) is 3.10. The first-order chi connectivity index (χ1) is 10.3. The minimum absolute atomic E-state index is 0.173. The van der Waals surface area contributed by atoms with Crippen LogP contribution in [0.5, 0.6) is 0 Å². The van der Waals surface area contributed by atoms with Crippen molar-refractivity contribution in [3.8, 4) is 0 Å². The molecule has 0 aromatic carbocycles. The maximum absolute atomic E-state index is 12.4. The van der Waals surface area contributed by atoms with Crippen LogP contribution in [-0.4, -0.2) is 41.3 Å². The number of ether oxygens (including phenoxy) is 1. The van der Waals surface area contributed by atoms with E-state index in [9.17, 15) is 4.79 Å². The van der Waals surface area contributed by atoms with Gasteiger partial charge in [-0.2, -0.15) is 0 Å². The van der Waals surface area contributed by atoms with Gasteiger partial charge in [-0.1, -0.05) is 26.7 Å². The van der Waals surface area contributed by atoms with Gasteiger partial charge in [0.1, 0.15) is 5.60 Å². The normalized spacial score (nSPS) is 24.2. The van der Waals surface area contributed by atoms with Crippen LogP contribution in [0.15, 0.2) is 0 Å². The van der Waals surface area contributed by atoms with E-state index in [0.717, 1.165) is 25.8 Å². The Labute approximate surface area is 137 Å². The smallest absolute Gasteiger partial charge is 0.410 e. The van der Waals surface area contributed by atoms with Crippen LogP contribution in [0.2, 0.25) is 0 Å². The molecule has 3 atom stereocenters. The molecule has 3 unspecified atom stereocenters. The van der Waals surface area contributed by atoms with Gasteiger partial charge in [-0.3, -0.25) is 0 Å². The minimum atomic E-state index is -0.426. The van der Waals surface area contributed by atoms with Crippen LogP contribution in [0.25, 0.3) is 0 Å². The van der Waals surface area contributed by atoms with E-state index in [-0.39, 0.29) is 12.1 Å². The molecule has 0 spiro atoms. The van der Waals surface area contributed by atoms with Gasteiger partial charge in [0.15, 0.2) is 0 Å². The average Bonchev–Trinajstić information content (AvgIpc) is 2.43. The summed E-state index contributed by atoms with van der Waals surface area (Å²) in [6, 6.07) is 1.13. The molecule has 1 amide bonds. The number of likely N-dealkylation sites (tertiary alicyclic amines) is 1. The Balaban J connectivity index is 2.61. The fraction of sp³-hybridized carbons (Fsp3) is 0.944. The van der Waals surface area contributed by atoms with Crippen LogP contribution in [-0.2, 0) is 4.74 Å². The molecule has 4 nitrogen and oxygen atoms in total. The lowest BCUT2D eigenvalue weighted by Gasteiger charge is -2.41. The minimum Gasteiger partial charge on any atom is -0.444 e. The van der Waals surface area contributed by atoms with E-state index in [4.69, 9.17) is 4.74 Å². The van der Waals surface area contributed by atoms with E-state index < -0.39 is 5.60 Å². The van der Waals surface area contributed by atoms with Crippen molar-refractivity contribution in [2.45, 2.75) is 104 Å². The summed E-state index contributed by atoms with van der Waals surface area (Å²) in [5.41, 5.74) is -0.426. The van der Waals surface area contributed by atoms with Crippen LogP contribution in [0, 0.1) is 0 Å². The monoisotopic (exact) mass is 312 g/mol. The van der Waals surface area contributed by atoms with Gasteiger partial charge in [-0.15, -0.1) is 0 Å². The van der Waals surface area contributed by atoms with E-state index in [0.29, 0.717) is 12.1 Å². The topological polar surface area (TPSA) is 41.6 Å². The lowest BCUT2D eigenvalue weighted by Crippen LogP contribution is -2.57. The molecule has 0 bridgehead atoms. The number of carbonyl (C=O) groups excluding carboxylic acids is 1. The third kappa shape index (κ3) is 6.15. The van der Waals surface area contributed by atoms with E-state index in [1.165, 1.54) is 19.3 Å². The zero-order chi connectivity index (χ0) is 16.8. The number of unbranched alkanes of at least 4 members (excludes halogenated alkanes) is 1. The molecule has 1 saturated heterocycles. The number of nitrogens with zero attached hydrogens (tertiary/aromatic N) is 1. The first-order valence-electron chi connectivity index (χ1n) is 9.04. The van der Waals surface area contributed by atoms with Crippen molar-refractivity contribution in [2.24, 2.45) is 0 Å². The first-order valence-corrected chi connectivity index (χ1v) is 9.04. The summed E-state index contributed by atoms with van der Waals surface area (Å²) in [7, 11) is 0. The Morgan fingerprint density at radius 1 is 1.36 bits per heavy atom. The Morgan fingerprint density at radius 3 is 2.59 bits per heavy atom. The molecule has 0 saturated carbocycles. The number of piperidine rings is 1. The van der Waals surface area contributed by atoms with E-state index in [1.807, 2.05) is 25.7 Å². The second-order valence-corrected chi connectivity index (χ2v) is 7.58. The summed E-state index contributed by atoms with van der Waals surface area (Å²) in [6.45, 7) is 13.2. The molecule has 130 valence electrons. The molecule has 22 heavy (non-hydrogen) atoms. The molecule has 1 fully saturated rings. The summed E-state index contributed by atoms with van der Waals surface area (Å²) in [6.07, 6.45) is 6.89. The van der Waals surface area contributed by atoms with E-state index in [1.54, 1.807) is 0 Å². The highest BCUT2D eigenvalue weighted by Gasteiger charge is 2.34. The lowest BCUT2D eigenvalue weighted by atomic mass is 9.95. The standard InChI is InChI=1S/C18H36N2O2/c1-7-9-11-15(8-2)19-16-12-10-13-20(14(16)3)17(21)22-18(4,5)6/h14-16,19H,7-13H2,1-6H3. The first kappa shape index (κ1) is 19.3. The Kier molecular flexibility index (Phi) is 7.67. The molecule has 1 aliphatic heterocycles. The van der Waals surface area contributed by atoms with Crippen molar-refractivity contribution in [1.29, 1.82) is 0 Å². The Hall–Kier alpha value is -0.770. The van der Waals surface area contributed by atoms with Crippen molar-refractivity contribution in [3.05, 3.63) is 0 Å². The van der Waals surface area contributed by atoms with Gasteiger partial charge in [0, 0.05) is 24.7 Å². The summed E-state index contributed by atoms with van der Waals surface area (Å²) in [4.78, 5) is 14.3. The highest BCUT2D eigenvalue weighted by Crippen LogP contribution is 2.22. The van der Waals surface area contributed by atoms with Crippen LogP contribution in [0.4, 0.5) is 4.79 Å². The van der Waals surface area contributed by atoms with E-state index >= 15 is 0 Å². The number of amides is 1. The molecule has 1 heterocycles. The van der Waals surface area contributed by atoms with Gasteiger partial charge >= 0.3 is 6.09 Å². The molecule has 0 aromatic heterocycles. The predicted molar refractivity (Wildman–Crippen MR) is 92.2 cm³/mol. The van der Waals surface area contributed by atoms with Crippen molar-refractivity contribution in [2.75, 3.05) is 6.54 Å². The third-order valence-corrected chi connectivity index (χ3v) is 4.46. The molecule has 0 radical (unpaired) electrons. The Morgan fingerprint density at radius 2 is 2.05 bits per heavy atom. The largest absolute Gasteiger partial charge is 0.444 e. The second-order valence-electron chi connectivity index (χ2n) is 7.58. The maximum Gasteiger partial charge on any atom is 0.410 e. The Bertz CT molecular complexity index is 338. The van der Waals surface area contributed by atoms with Gasteiger partial charge in [0.05, 0.1) is 0 Å². The second kappa shape index (κ2) is 8.76. The highest BCUT2D eigenvalue weighted by molar-refractivity contribution is 5.68. The third-order valence-electron chi connectivity index (χ3n) is 4.46. The molecule has 1 aliphatic rings. The zero-order valence-corrected chi connectivity index (χ0v) is 15.4. The SMILES string of the molecule is CCCCC(CC)NC1CCCN(C(=O)OC(C)(C)C)C1C. The summed E-state index contributed by atoms with van der Waals surface area (Å²) >= 11 is 0. The average molecular weight is 312 g/mol. The number of carbonyl (C=O) groups is 1. The van der Waals surface area contributed by atoms with Gasteiger partial charge in [-0.05, 0) is 53.4 Å². The van der Waals surface area contributed by atoms with Gasteiger partial charge < -0.3 is 15.0 Å².